The summed E-state index contributed by atoms with van der Waals surface area (Å²) in [6, 6.07) is 1.13. The van der Waals surface area contributed by atoms with E-state index in [1.165, 1.54) is 13.1 Å². The van der Waals surface area contributed by atoms with Crippen LogP contribution in [-0.2, 0) is 23.7 Å². The van der Waals surface area contributed by atoms with Crippen molar-refractivity contribution in [1.29, 1.82) is 0 Å². The molecule has 2 aliphatic rings. The molecule has 5 atom stereocenters. The highest BCUT2D eigenvalue weighted by Crippen LogP contribution is 2.37. The molecule has 2 saturated heterocycles. The van der Waals surface area contributed by atoms with Gasteiger partial charge in [0.1, 0.15) is 12.7 Å². The molecule has 0 saturated carbocycles. The molecule has 11 heteroatoms. The maximum atomic E-state index is 12.2. The fraction of sp³-hybridized carbons (Fsp3) is 0.688. The van der Waals surface area contributed by atoms with Crippen LogP contribution in [0.5, 0.6) is 0 Å². The number of aromatic amines is 1. The van der Waals surface area contributed by atoms with Gasteiger partial charge in [0.15, 0.2) is 24.3 Å². The highest BCUT2D eigenvalue weighted by atomic mass is 16.7. The molecule has 0 bridgehead atoms. The van der Waals surface area contributed by atoms with Crippen molar-refractivity contribution in [3.05, 3.63) is 33.1 Å². The lowest BCUT2D eigenvalue weighted by Crippen LogP contribution is -2.59. The Morgan fingerprint density at radius 3 is 2.89 bits per heavy atom. The van der Waals surface area contributed by atoms with Gasteiger partial charge in [-0.3, -0.25) is 24.9 Å². The van der Waals surface area contributed by atoms with E-state index in [4.69, 9.17) is 24.7 Å². The number of nitrogens with one attached hydrogen (secondary N) is 1. The van der Waals surface area contributed by atoms with Gasteiger partial charge in [-0.1, -0.05) is 0 Å². The number of carbonyl (C=O) groups excluding carboxylic acids is 1. The summed E-state index contributed by atoms with van der Waals surface area (Å²) < 4.78 is 23.0. The van der Waals surface area contributed by atoms with Crippen molar-refractivity contribution in [3.8, 4) is 0 Å². The first-order valence-electron chi connectivity index (χ1n) is 8.67. The van der Waals surface area contributed by atoms with Crippen LogP contribution >= 0.6 is 0 Å². The molecule has 3 rings (SSSR count). The first-order chi connectivity index (χ1) is 12.8. The zero-order valence-corrected chi connectivity index (χ0v) is 14.8. The van der Waals surface area contributed by atoms with Crippen LogP contribution in [0.1, 0.15) is 32.4 Å². The third kappa shape index (κ3) is 4.28. The molecular weight excluding hydrogens is 362 g/mol. The molecule has 0 aromatic carbocycles. The van der Waals surface area contributed by atoms with Gasteiger partial charge in [-0.25, -0.2) is 4.79 Å². The molecule has 0 amide bonds. The number of esters is 1. The summed E-state index contributed by atoms with van der Waals surface area (Å²) in [7, 11) is 0. The zero-order valence-electron chi connectivity index (χ0n) is 14.8. The van der Waals surface area contributed by atoms with Crippen LogP contribution in [0.2, 0.25) is 0 Å². The second-order valence-electron chi connectivity index (χ2n) is 6.58. The summed E-state index contributed by atoms with van der Waals surface area (Å²) >= 11 is 0. The highest BCUT2D eigenvalue weighted by Gasteiger charge is 2.56. The summed E-state index contributed by atoms with van der Waals surface area (Å²) in [6.07, 6.45) is -0.564. The Bertz CT molecular complexity index is 782. The number of carbonyl (C=O) groups is 1. The number of hydrogen-bond donors (Lipinski definition) is 3. The van der Waals surface area contributed by atoms with Crippen LogP contribution in [0.15, 0.2) is 21.9 Å². The van der Waals surface area contributed by atoms with Crippen LogP contribution in [0.3, 0.4) is 0 Å². The van der Waals surface area contributed by atoms with E-state index in [0.717, 1.165) is 23.5 Å². The van der Waals surface area contributed by atoms with Gasteiger partial charge in [0.05, 0.1) is 0 Å². The van der Waals surface area contributed by atoms with Crippen molar-refractivity contribution in [2.45, 2.75) is 56.6 Å². The number of hydrogen-bond acceptors (Lipinski definition) is 9. The first kappa shape index (κ1) is 19.7. The molecule has 27 heavy (non-hydrogen) atoms. The second kappa shape index (κ2) is 7.90. The van der Waals surface area contributed by atoms with E-state index in [0.29, 0.717) is 13.0 Å². The number of ether oxygens (including phenoxy) is 4. The molecule has 1 unspecified atom stereocenters. The van der Waals surface area contributed by atoms with E-state index in [-0.39, 0.29) is 6.61 Å². The van der Waals surface area contributed by atoms with E-state index in [9.17, 15) is 19.5 Å². The Balaban J connectivity index is 1.90. The van der Waals surface area contributed by atoms with Crippen LogP contribution in [0, 0.1) is 0 Å². The van der Waals surface area contributed by atoms with E-state index in [1.54, 1.807) is 0 Å². The second-order valence-corrected chi connectivity index (χ2v) is 6.58. The Labute approximate surface area is 154 Å². The fourth-order valence-corrected chi connectivity index (χ4v) is 3.12. The molecule has 3 heterocycles. The predicted octanol–water partition coefficient (Wildman–Crippen LogP) is -1.44. The SMILES string of the molecule is CC(=O)OC[C@@H]1O[C@H](n2ccc(=O)[nH]c2=O)[C@@H](OC2CCCCO2)[C@@]1(N)O. The molecule has 150 valence electrons. The Kier molecular flexibility index (Phi) is 5.77. The molecule has 0 aliphatic carbocycles. The summed E-state index contributed by atoms with van der Waals surface area (Å²) in [5.41, 5.74) is 2.64. The Morgan fingerprint density at radius 2 is 2.26 bits per heavy atom. The van der Waals surface area contributed by atoms with Crippen molar-refractivity contribution in [2.24, 2.45) is 5.73 Å². The minimum atomic E-state index is -2.07. The summed E-state index contributed by atoms with van der Waals surface area (Å²) in [5, 5.41) is 10.8. The smallest absolute Gasteiger partial charge is 0.330 e. The minimum Gasteiger partial charge on any atom is -0.463 e. The van der Waals surface area contributed by atoms with Gasteiger partial charge in [0.2, 0.25) is 0 Å². The lowest BCUT2D eigenvalue weighted by molar-refractivity contribution is -0.231. The minimum absolute atomic E-state index is 0.331. The standard InChI is InChI=1S/C16H23N3O8/c1-9(20)25-8-10-16(17,23)13(27-12-4-2-3-7-24-12)14(26-10)19-6-5-11(21)18-15(19)22/h5-6,10,12-14,23H,2-4,7-8,17H2,1H3,(H,18,21,22)/t10-,12?,13+,14-,16-/m0/s1. The largest absolute Gasteiger partial charge is 0.463 e. The molecule has 1 aromatic heterocycles. The molecule has 2 fully saturated rings. The first-order valence-corrected chi connectivity index (χ1v) is 8.67. The quantitative estimate of drug-likeness (QED) is 0.408. The van der Waals surface area contributed by atoms with Gasteiger partial charge in [-0.05, 0) is 19.3 Å². The van der Waals surface area contributed by atoms with Crippen LogP contribution < -0.4 is 17.0 Å². The van der Waals surface area contributed by atoms with Crippen molar-refractivity contribution in [1.82, 2.24) is 9.55 Å². The number of aromatic nitrogens is 2. The number of rotatable bonds is 5. The normalized spacial score (nSPS) is 33.7. The number of nitrogens with two attached hydrogens (primary N) is 1. The van der Waals surface area contributed by atoms with Gasteiger partial charge in [0.25, 0.3) is 5.56 Å². The van der Waals surface area contributed by atoms with Crippen molar-refractivity contribution in [2.75, 3.05) is 13.2 Å². The third-order valence-corrected chi connectivity index (χ3v) is 4.53. The van der Waals surface area contributed by atoms with Gasteiger partial charge in [-0.15, -0.1) is 0 Å². The van der Waals surface area contributed by atoms with E-state index in [2.05, 4.69) is 4.98 Å². The Morgan fingerprint density at radius 1 is 1.48 bits per heavy atom. The Hall–Kier alpha value is -2.05. The van der Waals surface area contributed by atoms with Crippen molar-refractivity contribution in [3.63, 3.8) is 0 Å². The predicted molar refractivity (Wildman–Crippen MR) is 89.5 cm³/mol. The van der Waals surface area contributed by atoms with Gasteiger partial charge in [-0.2, -0.15) is 0 Å². The maximum absolute atomic E-state index is 12.2. The van der Waals surface area contributed by atoms with E-state index >= 15 is 0 Å². The molecule has 11 nitrogen and oxygen atoms in total. The fourth-order valence-electron chi connectivity index (χ4n) is 3.12. The third-order valence-electron chi connectivity index (χ3n) is 4.53. The molecule has 4 N–H and O–H groups in total. The number of H-pyrrole nitrogens is 1. The topological polar surface area (TPSA) is 155 Å². The van der Waals surface area contributed by atoms with Crippen LogP contribution in [-0.4, -0.2) is 58.1 Å². The monoisotopic (exact) mass is 385 g/mol. The maximum Gasteiger partial charge on any atom is 0.330 e. The molecular formula is C16H23N3O8. The average molecular weight is 385 g/mol. The highest BCUT2D eigenvalue weighted by molar-refractivity contribution is 5.65. The number of aliphatic hydroxyl groups is 1. The summed E-state index contributed by atoms with van der Waals surface area (Å²) in [6.45, 7) is 1.38. The summed E-state index contributed by atoms with van der Waals surface area (Å²) in [5.74, 6) is -0.577. The van der Waals surface area contributed by atoms with Crippen molar-refractivity contribution >= 4 is 5.97 Å². The molecule has 1 aromatic rings. The van der Waals surface area contributed by atoms with Gasteiger partial charge < -0.3 is 24.1 Å². The average Bonchev–Trinajstić information content (AvgIpc) is 2.85. The van der Waals surface area contributed by atoms with Crippen molar-refractivity contribution < 1.29 is 28.8 Å². The molecule has 0 spiro atoms. The lowest BCUT2D eigenvalue weighted by atomic mass is 10.0. The van der Waals surface area contributed by atoms with E-state index in [1.807, 2.05) is 0 Å². The van der Waals surface area contributed by atoms with Crippen LogP contribution in [0.4, 0.5) is 0 Å². The van der Waals surface area contributed by atoms with Gasteiger partial charge in [0, 0.05) is 25.8 Å². The van der Waals surface area contributed by atoms with E-state index < -0.39 is 47.7 Å². The summed E-state index contributed by atoms with van der Waals surface area (Å²) in [4.78, 5) is 36.7. The zero-order chi connectivity index (χ0) is 19.6. The lowest BCUT2D eigenvalue weighted by Gasteiger charge is -2.33. The molecule has 0 radical (unpaired) electrons. The number of nitrogens with zero attached hydrogens (tertiary/aromatic N) is 1. The van der Waals surface area contributed by atoms with Gasteiger partial charge >= 0.3 is 11.7 Å². The molecule has 2 aliphatic heterocycles. The van der Waals surface area contributed by atoms with Crippen LogP contribution in [0.25, 0.3) is 0 Å².